The van der Waals surface area contributed by atoms with Crippen molar-refractivity contribution in [2.75, 3.05) is 4.72 Å². The van der Waals surface area contributed by atoms with Gasteiger partial charge in [-0.05, 0) is 42.5 Å². The number of nitrogens with one attached hydrogen (secondary N) is 2. The molecule has 5 nitrogen and oxygen atoms in total. The van der Waals surface area contributed by atoms with Gasteiger partial charge in [-0.1, -0.05) is 6.07 Å². The Hall–Kier alpha value is -2.08. The average Bonchev–Trinajstić information content (AvgIpc) is 2.86. The van der Waals surface area contributed by atoms with Crippen LogP contribution in [0.15, 0.2) is 46.3 Å². The van der Waals surface area contributed by atoms with E-state index in [0.29, 0.717) is 5.69 Å². The van der Waals surface area contributed by atoms with E-state index in [2.05, 4.69) is 9.71 Å². The van der Waals surface area contributed by atoms with Crippen LogP contribution in [0.4, 0.5) is 5.69 Å². The highest BCUT2D eigenvalue weighted by atomic mass is 32.2. The minimum absolute atomic E-state index is 0.277. The van der Waals surface area contributed by atoms with E-state index in [1.54, 1.807) is 6.07 Å². The monoisotopic (exact) mass is 290 g/mol. The van der Waals surface area contributed by atoms with Gasteiger partial charge in [-0.25, -0.2) is 8.42 Å². The van der Waals surface area contributed by atoms with Crippen molar-refractivity contribution in [1.29, 1.82) is 0 Å². The summed E-state index contributed by atoms with van der Waals surface area (Å²) in [6.07, 6.45) is 5.70. The van der Waals surface area contributed by atoms with Gasteiger partial charge in [0.2, 0.25) is 5.43 Å². The number of aromatic amines is 1. The maximum atomic E-state index is 12.2. The Kier molecular flexibility index (Phi) is 3.10. The highest BCUT2D eigenvalue weighted by Gasteiger charge is 2.19. The zero-order valence-corrected chi connectivity index (χ0v) is 11.5. The molecule has 0 atom stereocenters. The second-order valence-electron chi connectivity index (χ2n) is 4.82. The lowest BCUT2D eigenvalue weighted by molar-refractivity contribution is 0.600. The van der Waals surface area contributed by atoms with E-state index >= 15 is 0 Å². The zero-order valence-electron chi connectivity index (χ0n) is 10.7. The van der Waals surface area contributed by atoms with E-state index in [-0.39, 0.29) is 4.90 Å². The first kappa shape index (κ1) is 12.9. The Morgan fingerprint density at radius 2 is 1.90 bits per heavy atom. The fourth-order valence-electron chi connectivity index (χ4n) is 2.46. The third-order valence-corrected chi connectivity index (χ3v) is 4.83. The summed E-state index contributed by atoms with van der Waals surface area (Å²) in [5.74, 6) is 0. The number of anilines is 1. The number of aromatic nitrogens is 1. The van der Waals surface area contributed by atoms with Crippen LogP contribution in [0.5, 0.6) is 0 Å². The van der Waals surface area contributed by atoms with Crippen LogP contribution in [0.25, 0.3) is 0 Å². The Labute approximate surface area is 116 Å². The van der Waals surface area contributed by atoms with Crippen LogP contribution < -0.4 is 10.2 Å². The molecule has 1 aliphatic carbocycles. The SMILES string of the molecule is O=c1cc[nH]cc1S(=O)(=O)Nc1ccc2c(c1)CCC2. The molecule has 0 spiro atoms. The predicted molar refractivity (Wildman–Crippen MR) is 76.3 cm³/mol. The van der Waals surface area contributed by atoms with Gasteiger partial charge in [-0.2, -0.15) is 0 Å². The van der Waals surface area contributed by atoms with Crippen LogP contribution in [0, 0.1) is 0 Å². The van der Waals surface area contributed by atoms with E-state index < -0.39 is 15.5 Å². The number of fused-ring (bicyclic) bond motifs is 1. The van der Waals surface area contributed by atoms with Gasteiger partial charge in [0.25, 0.3) is 10.0 Å². The fourth-order valence-corrected chi connectivity index (χ4v) is 3.56. The molecule has 1 aromatic heterocycles. The zero-order chi connectivity index (χ0) is 14.2. The number of benzene rings is 1. The second kappa shape index (κ2) is 4.79. The molecule has 1 aliphatic rings. The van der Waals surface area contributed by atoms with Crippen molar-refractivity contribution in [2.45, 2.75) is 24.2 Å². The summed E-state index contributed by atoms with van der Waals surface area (Å²) < 4.78 is 26.8. The van der Waals surface area contributed by atoms with Crippen LogP contribution in [-0.2, 0) is 22.9 Å². The molecule has 0 radical (unpaired) electrons. The van der Waals surface area contributed by atoms with E-state index in [9.17, 15) is 13.2 Å². The molecule has 0 amide bonds. The standard InChI is InChI=1S/C14H14N2O3S/c17-13-6-7-15-9-14(13)20(18,19)16-12-5-4-10-2-1-3-11(10)8-12/h4-9,16H,1-3H2,(H,15,17). The van der Waals surface area contributed by atoms with Crippen LogP contribution in [0.1, 0.15) is 17.5 Å². The van der Waals surface area contributed by atoms with Crippen molar-refractivity contribution in [1.82, 2.24) is 4.98 Å². The number of aryl methyl sites for hydroxylation is 2. The largest absolute Gasteiger partial charge is 0.366 e. The molecule has 2 aromatic rings. The first-order valence-corrected chi connectivity index (χ1v) is 7.86. The van der Waals surface area contributed by atoms with Gasteiger partial charge in [-0.15, -0.1) is 0 Å². The van der Waals surface area contributed by atoms with Crippen LogP contribution in [0.3, 0.4) is 0 Å². The first-order valence-electron chi connectivity index (χ1n) is 6.38. The Morgan fingerprint density at radius 1 is 1.10 bits per heavy atom. The van der Waals surface area contributed by atoms with Crippen molar-refractivity contribution < 1.29 is 8.42 Å². The summed E-state index contributed by atoms with van der Waals surface area (Å²) in [4.78, 5) is 13.9. The molecule has 0 saturated carbocycles. The van der Waals surface area contributed by atoms with Crippen molar-refractivity contribution in [3.8, 4) is 0 Å². The second-order valence-corrected chi connectivity index (χ2v) is 6.47. The van der Waals surface area contributed by atoms with E-state index in [4.69, 9.17) is 0 Å². The number of rotatable bonds is 3. The fraction of sp³-hybridized carbons (Fsp3) is 0.214. The van der Waals surface area contributed by atoms with Crippen molar-refractivity contribution in [3.63, 3.8) is 0 Å². The Morgan fingerprint density at radius 3 is 2.70 bits per heavy atom. The minimum Gasteiger partial charge on any atom is -0.366 e. The number of sulfonamides is 1. The molecule has 6 heteroatoms. The smallest absolute Gasteiger partial charge is 0.267 e. The quantitative estimate of drug-likeness (QED) is 0.902. The lowest BCUT2D eigenvalue weighted by Crippen LogP contribution is -2.21. The van der Waals surface area contributed by atoms with Gasteiger partial charge < -0.3 is 4.98 Å². The molecular formula is C14H14N2O3S. The molecule has 20 heavy (non-hydrogen) atoms. The molecule has 1 heterocycles. The number of hydrogen-bond acceptors (Lipinski definition) is 3. The summed E-state index contributed by atoms with van der Waals surface area (Å²) in [6.45, 7) is 0. The van der Waals surface area contributed by atoms with Crippen LogP contribution >= 0.6 is 0 Å². The summed E-state index contributed by atoms with van der Waals surface area (Å²) >= 11 is 0. The highest BCUT2D eigenvalue weighted by molar-refractivity contribution is 7.92. The Bertz CT molecular complexity index is 809. The molecule has 0 aliphatic heterocycles. The molecule has 104 valence electrons. The lowest BCUT2D eigenvalue weighted by Gasteiger charge is -2.09. The predicted octanol–water partition coefficient (Wildman–Crippen LogP) is 1.66. The normalized spacial score (nSPS) is 14.0. The number of pyridine rings is 1. The first-order chi connectivity index (χ1) is 9.56. The minimum atomic E-state index is -3.86. The molecule has 0 bridgehead atoms. The van der Waals surface area contributed by atoms with Gasteiger partial charge >= 0.3 is 0 Å². The number of hydrogen-bond donors (Lipinski definition) is 2. The number of H-pyrrole nitrogens is 1. The Balaban J connectivity index is 1.95. The molecule has 1 aromatic carbocycles. The molecular weight excluding hydrogens is 276 g/mol. The summed E-state index contributed by atoms with van der Waals surface area (Å²) in [7, 11) is -3.86. The topological polar surface area (TPSA) is 79.0 Å². The third kappa shape index (κ3) is 2.34. The molecule has 2 N–H and O–H groups in total. The van der Waals surface area contributed by atoms with Gasteiger partial charge in [0.15, 0.2) is 4.90 Å². The van der Waals surface area contributed by atoms with Crippen molar-refractivity contribution in [3.05, 3.63) is 58.0 Å². The van der Waals surface area contributed by atoms with Crippen LogP contribution in [-0.4, -0.2) is 13.4 Å². The van der Waals surface area contributed by atoms with Gasteiger partial charge in [0.05, 0.1) is 0 Å². The summed E-state index contributed by atoms with van der Waals surface area (Å²) in [5, 5.41) is 0. The average molecular weight is 290 g/mol. The van der Waals surface area contributed by atoms with Gasteiger partial charge in [0.1, 0.15) is 0 Å². The van der Waals surface area contributed by atoms with Crippen LogP contribution in [0.2, 0.25) is 0 Å². The lowest BCUT2D eigenvalue weighted by atomic mass is 10.1. The maximum absolute atomic E-state index is 12.2. The third-order valence-electron chi connectivity index (χ3n) is 3.43. The van der Waals surface area contributed by atoms with Crippen molar-refractivity contribution in [2.24, 2.45) is 0 Å². The van der Waals surface area contributed by atoms with E-state index in [1.807, 2.05) is 12.1 Å². The highest BCUT2D eigenvalue weighted by Crippen LogP contribution is 2.25. The summed E-state index contributed by atoms with van der Waals surface area (Å²) in [5.41, 5.74) is 2.41. The van der Waals surface area contributed by atoms with Gasteiger partial charge in [-0.3, -0.25) is 9.52 Å². The van der Waals surface area contributed by atoms with E-state index in [1.165, 1.54) is 29.6 Å². The summed E-state index contributed by atoms with van der Waals surface area (Å²) in [6, 6.07) is 6.71. The molecule has 0 fully saturated rings. The molecule has 0 unspecified atom stereocenters. The van der Waals surface area contributed by atoms with Gasteiger partial charge in [0, 0.05) is 24.1 Å². The van der Waals surface area contributed by atoms with Crippen molar-refractivity contribution >= 4 is 15.7 Å². The molecule has 0 saturated heterocycles. The maximum Gasteiger partial charge on any atom is 0.267 e. The molecule has 3 rings (SSSR count). The van der Waals surface area contributed by atoms with E-state index in [0.717, 1.165) is 19.3 Å².